The Bertz CT molecular complexity index is 1240. The van der Waals surface area contributed by atoms with Gasteiger partial charge in [0.05, 0.1) is 40.3 Å². The van der Waals surface area contributed by atoms with Gasteiger partial charge >= 0.3 is 11.9 Å². The van der Waals surface area contributed by atoms with Crippen LogP contribution in [0.25, 0.3) is 0 Å². The summed E-state index contributed by atoms with van der Waals surface area (Å²) >= 11 is 0. The predicted octanol–water partition coefficient (Wildman–Crippen LogP) is 11.6. The van der Waals surface area contributed by atoms with Crippen LogP contribution < -0.4 is 5.11 Å². The summed E-state index contributed by atoms with van der Waals surface area (Å²) in [5.41, 5.74) is 0. The van der Waals surface area contributed by atoms with Gasteiger partial charge in [-0.1, -0.05) is 163 Å². The molecule has 0 spiro atoms. The van der Waals surface area contributed by atoms with Crippen LogP contribution in [0.4, 0.5) is 0 Å². The maximum absolute atomic E-state index is 12.7. The number of carboxylic acids is 1. The Labute approximate surface area is 361 Å². The lowest BCUT2D eigenvalue weighted by Crippen LogP contribution is -2.55. The van der Waals surface area contributed by atoms with E-state index in [1.54, 1.807) is 21.1 Å². The first-order chi connectivity index (χ1) is 28.6. The van der Waals surface area contributed by atoms with Crippen LogP contribution in [0.15, 0.2) is 85.1 Å². The molecule has 0 fully saturated rings. The molecule has 0 saturated carbocycles. The molecule has 8 nitrogen and oxygen atoms in total. The Morgan fingerprint density at radius 1 is 0.525 bits per heavy atom. The van der Waals surface area contributed by atoms with Gasteiger partial charge in [-0.05, 0) is 70.6 Å². The van der Waals surface area contributed by atoms with Gasteiger partial charge < -0.3 is 28.6 Å². The van der Waals surface area contributed by atoms with E-state index in [4.69, 9.17) is 14.2 Å². The van der Waals surface area contributed by atoms with Crippen LogP contribution in [0.1, 0.15) is 168 Å². The van der Waals surface area contributed by atoms with Gasteiger partial charge in [0, 0.05) is 19.3 Å². The molecule has 2 unspecified atom stereocenters. The number of quaternary nitrogens is 1. The molecule has 0 N–H and O–H groups in total. The lowest BCUT2D eigenvalue weighted by molar-refractivity contribution is -0.889. The van der Waals surface area contributed by atoms with Gasteiger partial charge in [-0.25, -0.2) is 0 Å². The summed E-state index contributed by atoms with van der Waals surface area (Å²) in [6.45, 7) is 4.38. The van der Waals surface area contributed by atoms with Gasteiger partial charge in [0.15, 0.2) is 6.10 Å². The van der Waals surface area contributed by atoms with E-state index in [2.05, 4.69) is 98.9 Å². The second kappa shape index (κ2) is 41.3. The normalized spacial score (nSPS) is 13.7. The molecule has 0 saturated heterocycles. The Kier molecular flexibility index (Phi) is 38.8. The van der Waals surface area contributed by atoms with Crippen LogP contribution in [0.2, 0.25) is 0 Å². The highest BCUT2D eigenvalue weighted by Crippen LogP contribution is 2.14. The van der Waals surface area contributed by atoms with Crippen LogP contribution >= 0.6 is 0 Å². The lowest BCUT2D eigenvalue weighted by atomic mass is 10.1. The molecule has 0 aliphatic rings. The van der Waals surface area contributed by atoms with Crippen molar-refractivity contribution in [1.29, 1.82) is 0 Å². The highest BCUT2D eigenvalue weighted by atomic mass is 16.6. The Morgan fingerprint density at radius 3 is 1.51 bits per heavy atom. The number of rotatable bonds is 40. The van der Waals surface area contributed by atoms with Crippen LogP contribution in [-0.4, -0.2) is 75.5 Å². The molecule has 0 bridgehead atoms. The van der Waals surface area contributed by atoms with Crippen LogP contribution in [0.3, 0.4) is 0 Å². The summed E-state index contributed by atoms with van der Waals surface area (Å²) < 4.78 is 17.2. The maximum atomic E-state index is 12.7. The zero-order valence-electron chi connectivity index (χ0n) is 38.1. The smallest absolute Gasteiger partial charge is 0.306 e. The predicted molar refractivity (Wildman–Crippen MR) is 245 cm³/mol. The van der Waals surface area contributed by atoms with Crippen LogP contribution in [0, 0.1) is 0 Å². The number of esters is 2. The van der Waals surface area contributed by atoms with E-state index in [9.17, 15) is 19.5 Å². The van der Waals surface area contributed by atoms with Gasteiger partial charge in [0.2, 0.25) is 0 Å². The average Bonchev–Trinajstić information content (AvgIpc) is 3.19. The minimum Gasteiger partial charge on any atom is -0.544 e. The number of carboxylic acid groups (broad SMARTS) is 1. The third-order valence-electron chi connectivity index (χ3n) is 9.84. The number of carbonyl (C=O) groups excluding carboxylic acids is 3. The molecule has 0 aliphatic carbocycles. The fraction of sp³-hybridized carbons (Fsp3) is 0.667. The third kappa shape index (κ3) is 39.7. The van der Waals surface area contributed by atoms with Crippen molar-refractivity contribution >= 4 is 17.9 Å². The second-order valence-corrected chi connectivity index (χ2v) is 16.3. The maximum Gasteiger partial charge on any atom is 0.306 e. The van der Waals surface area contributed by atoms with Crippen molar-refractivity contribution in [2.45, 2.75) is 180 Å². The van der Waals surface area contributed by atoms with Gasteiger partial charge in [0.25, 0.3) is 0 Å². The van der Waals surface area contributed by atoms with Crippen molar-refractivity contribution in [3.63, 3.8) is 0 Å². The second-order valence-electron chi connectivity index (χ2n) is 16.3. The third-order valence-corrected chi connectivity index (χ3v) is 9.84. The molecule has 2 atom stereocenters. The standard InChI is InChI=1S/C51H85NO7/c1-6-8-10-12-14-16-18-20-22-23-24-25-26-28-29-31-33-35-37-39-41-49(53)58-46-47(45-57-44-43-48(51(55)56)52(3,4)5)59-50(54)42-40-38-36-34-32-30-27-21-19-17-15-13-11-9-7-2/h8-11,13-17,19-20,22,24-25,47-48H,6-7,12,18,21,23,26-46H2,1-5H3/b10-8+,11-9+,15-13+,16-14+,19-17+,22-20+,25-24+. The Morgan fingerprint density at radius 2 is 0.983 bits per heavy atom. The van der Waals surface area contributed by atoms with E-state index in [-0.39, 0.29) is 42.7 Å². The van der Waals surface area contributed by atoms with Crippen LogP contribution in [-0.2, 0) is 28.6 Å². The first-order valence-electron chi connectivity index (χ1n) is 23.1. The van der Waals surface area contributed by atoms with Crippen molar-refractivity contribution in [1.82, 2.24) is 0 Å². The quantitative estimate of drug-likeness (QED) is 0.0199. The highest BCUT2D eigenvalue weighted by molar-refractivity contribution is 5.70. The van der Waals surface area contributed by atoms with Gasteiger partial charge in [-0.15, -0.1) is 0 Å². The summed E-state index contributed by atoms with van der Waals surface area (Å²) in [4.78, 5) is 36.9. The topological polar surface area (TPSA) is 102 Å². The molecular formula is C51H85NO7. The first-order valence-corrected chi connectivity index (χ1v) is 23.1. The highest BCUT2D eigenvalue weighted by Gasteiger charge is 2.25. The molecular weight excluding hydrogens is 739 g/mol. The van der Waals surface area contributed by atoms with Crippen molar-refractivity contribution < 1.29 is 38.2 Å². The zero-order chi connectivity index (χ0) is 43.5. The fourth-order valence-electron chi connectivity index (χ4n) is 6.30. The molecule has 0 aromatic carbocycles. The van der Waals surface area contributed by atoms with Crippen molar-refractivity contribution in [3.8, 4) is 0 Å². The Balaban J connectivity index is 4.34. The van der Waals surface area contributed by atoms with Crippen molar-refractivity contribution in [3.05, 3.63) is 85.1 Å². The number of nitrogens with zero attached hydrogens (tertiary/aromatic N) is 1. The average molecular weight is 824 g/mol. The van der Waals surface area contributed by atoms with Crippen molar-refractivity contribution in [2.75, 3.05) is 41.0 Å². The number of carbonyl (C=O) groups is 3. The summed E-state index contributed by atoms with van der Waals surface area (Å²) in [6.07, 6.45) is 53.2. The summed E-state index contributed by atoms with van der Waals surface area (Å²) in [6, 6.07) is -0.734. The minimum absolute atomic E-state index is 0.0274. The monoisotopic (exact) mass is 824 g/mol. The van der Waals surface area contributed by atoms with Gasteiger partial charge in [0.1, 0.15) is 12.6 Å². The van der Waals surface area contributed by atoms with Gasteiger partial charge in [-0.3, -0.25) is 9.59 Å². The van der Waals surface area contributed by atoms with E-state index in [0.29, 0.717) is 12.8 Å². The van der Waals surface area contributed by atoms with E-state index in [1.807, 2.05) is 0 Å². The largest absolute Gasteiger partial charge is 0.544 e. The summed E-state index contributed by atoms with van der Waals surface area (Å²) in [5.74, 6) is -1.77. The number of unbranched alkanes of at least 4 members (excludes halogenated alkanes) is 14. The number of hydrogen-bond donors (Lipinski definition) is 0. The molecule has 0 aromatic rings. The minimum atomic E-state index is -1.13. The molecule has 0 radical (unpaired) electrons. The summed E-state index contributed by atoms with van der Waals surface area (Å²) in [5, 5.41) is 11.6. The molecule has 0 amide bonds. The molecule has 8 heteroatoms. The lowest BCUT2D eigenvalue weighted by Gasteiger charge is -2.34. The molecule has 0 rings (SSSR count). The first kappa shape index (κ1) is 55.5. The fourth-order valence-corrected chi connectivity index (χ4v) is 6.30. The number of likely N-dealkylation sites (N-methyl/N-ethyl adjacent to an activating group) is 1. The molecule has 0 aromatic heterocycles. The SMILES string of the molecule is CC/C=C/C=C/C=C/CCCCCCCCCC(=O)OC(COCCC(C(=O)[O-])[N+](C)(C)C)COC(=O)CCCCCCCCC/C=C/C/C=C/C/C=C/C/C=C/CC. The number of ether oxygens (including phenoxy) is 3. The van der Waals surface area contributed by atoms with Crippen molar-refractivity contribution in [2.24, 2.45) is 0 Å². The Hall–Kier alpha value is -3.49. The number of hydrogen-bond acceptors (Lipinski definition) is 7. The van der Waals surface area contributed by atoms with E-state index in [1.165, 1.54) is 44.9 Å². The molecule has 336 valence electrons. The number of aliphatic carboxylic acids is 1. The molecule has 59 heavy (non-hydrogen) atoms. The van der Waals surface area contributed by atoms with Crippen LogP contribution in [0.5, 0.6) is 0 Å². The number of allylic oxidation sites excluding steroid dienone is 14. The summed E-state index contributed by atoms with van der Waals surface area (Å²) in [7, 11) is 5.39. The zero-order valence-corrected chi connectivity index (χ0v) is 38.1. The van der Waals surface area contributed by atoms with Gasteiger partial charge in [-0.2, -0.15) is 0 Å². The molecule has 0 heterocycles. The van der Waals surface area contributed by atoms with E-state index in [0.717, 1.165) is 89.9 Å². The van der Waals surface area contributed by atoms with E-state index >= 15 is 0 Å². The molecule has 0 aliphatic heterocycles. The van der Waals surface area contributed by atoms with E-state index < -0.39 is 18.1 Å².